The lowest BCUT2D eigenvalue weighted by atomic mass is 10.1. The van der Waals surface area contributed by atoms with Crippen LogP contribution in [0.3, 0.4) is 0 Å². The second-order valence-corrected chi connectivity index (χ2v) is 5.34. The molecule has 2 N–H and O–H groups in total. The average Bonchev–Trinajstić information content (AvgIpc) is 2.55. The van der Waals surface area contributed by atoms with Gasteiger partial charge in [-0.3, -0.25) is 4.79 Å². The first-order valence-electron chi connectivity index (χ1n) is 7.80. The summed E-state index contributed by atoms with van der Waals surface area (Å²) >= 11 is 0. The van der Waals surface area contributed by atoms with Crippen LogP contribution in [0.2, 0.25) is 0 Å². The van der Waals surface area contributed by atoms with Crippen molar-refractivity contribution in [3.05, 3.63) is 52.3 Å². The molecule has 0 saturated heterocycles. The van der Waals surface area contributed by atoms with Gasteiger partial charge in [0.15, 0.2) is 0 Å². The number of aromatic nitrogens is 1. The Bertz CT molecular complexity index is 674. The van der Waals surface area contributed by atoms with E-state index in [0.29, 0.717) is 12.2 Å². The Kier molecular flexibility index (Phi) is 5.39. The van der Waals surface area contributed by atoms with E-state index in [1.54, 1.807) is 0 Å². The molecule has 0 aliphatic carbocycles. The summed E-state index contributed by atoms with van der Waals surface area (Å²) in [5.74, 6) is 0.835. The second kappa shape index (κ2) is 7.27. The molecule has 0 aliphatic rings. The summed E-state index contributed by atoms with van der Waals surface area (Å²) < 4.78 is 7.32. The van der Waals surface area contributed by atoms with Crippen LogP contribution in [0.15, 0.2) is 41.2 Å². The number of hydrogen-bond acceptors (Lipinski definition) is 3. The molecular formula is C18H24N2O2. The summed E-state index contributed by atoms with van der Waals surface area (Å²) in [5.41, 5.74) is 8.24. The van der Waals surface area contributed by atoms with E-state index in [1.807, 2.05) is 47.9 Å². The van der Waals surface area contributed by atoms with Crippen LogP contribution in [-0.4, -0.2) is 11.2 Å². The van der Waals surface area contributed by atoms with Gasteiger partial charge in [0.1, 0.15) is 5.75 Å². The minimum Gasteiger partial charge on any atom is -0.494 e. The molecule has 2 rings (SSSR count). The van der Waals surface area contributed by atoms with Gasteiger partial charge in [0.2, 0.25) is 0 Å². The van der Waals surface area contributed by atoms with Gasteiger partial charge in [-0.2, -0.15) is 0 Å². The molecule has 0 saturated carbocycles. The average molecular weight is 300 g/mol. The van der Waals surface area contributed by atoms with E-state index in [4.69, 9.17) is 10.5 Å². The van der Waals surface area contributed by atoms with Crippen molar-refractivity contribution in [2.24, 2.45) is 5.73 Å². The Morgan fingerprint density at radius 3 is 2.36 bits per heavy atom. The summed E-state index contributed by atoms with van der Waals surface area (Å²) in [6, 6.07) is 11.8. The highest BCUT2D eigenvalue weighted by molar-refractivity contribution is 5.61. The van der Waals surface area contributed by atoms with Gasteiger partial charge in [-0.1, -0.05) is 13.0 Å². The quantitative estimate of drug-likeness (QED) is 0.890. The third-order valence-corrected chi connectivity index (χ3v) is 3.91. The van der Waals surface area contributed by atoms with Gasteiger partial charge in [-0.15, -0.1) is 0 Å². The molecule has 4 heteroatoms. The van der Waals surface area contributed by atoms with Crippen molar-refractivity contribution in [1.29, 1.82) is 0 Å². The number of ether oxygens (including phenoxy) is 1. The molecule has 0 amide bonds. The minimum absolute atomic E-state index is 0.00300. The van der Waals surface area contributed by atoms with Gasteiger partial charge < -0.3 is 15.0 Å². The molecule has 0 fully saturated rings. The zero-order chi connectivity index (χ0) is 16.1. The van der Waals surface area contributed by atoms with Crippen LogP contribution in [0.4, 0.5) is 0 Å². The van der Waals surface area contributed by atoms with Crippen molar-refractivity contribution in [3.8, 4) is 17.0 Å². The van der Waals surface area contributed by atoms with Crippen molar-refractivity contribution < 1.29 is 4.74 Å². The number of rotatable bonds is 6. The molecule has 1 aromatic carbocycles. The zero-order valence-corrected chi connectivity index (χ0v) is 13.5. The van der Waals surface area contributed by atoms with E-state index in [9.17, 15) is 4.79 Å². The van der Waals surface area contributed by atoms with Gasteiger partial charge in [-0.05, 0) is 56.2 Å². The maximum absolute atomic E-state index is 12.6. The van der Waals surface area contributed by atoms with Gasteiger partial charge in [-0.25, -0.2) is 0 Å². The second-order valence-electron chi connectivity index (χ2n) is 5.34. The summed E-state index contributed by atoms with van der Waals surface area (Å²) in [5, 5.41) is 0. The van der Waals surface area contributed by atoms with Crippen molar-refractivity contribution in [3.63, 3.8) is 0 Å². The highest BCUT2D eigenvalue weighted by Crippen LogP contribution is 2.25. The first-order chi connectivity index (χ1) is 10.6. The van der Waals surface area contributed by atoms with E-state index in [2.05, 4.69) is 13.8 Å². The van der Waals surface area contributed by atoms with Crippen molar-refractivity contribution in [2.75, 3.05) is 6.61 Å². The van der Waals surface area contributed by atoms with Crippen LogP contribution < -0.4 is 16.0 Å². The molecular weight excluding hydrogens is 276 g/mol. The number of nitrogens with two attached hydrogens (primary N) is 1. The molecule has 0 bridgehead atoms. The number of pyridine rings is 1. The summed E-state index contributed by atoms with van der Waals surface area (Å²) in [7, 11) is 0. The van der Waals surface area contributed by atoms with E-state index in [1.165, 1.54) is 0 Å². The topological polar surface area (TPSA) is 57.2 Å². The Morgan fingerprint density at radius 1 is 1.14 bits per heavy atom. The van der Waals surface area contributed by atoms with Gasteiger partial charge in [0, 0.05) is 18.2 Å². The zero-order valence-electron chi connectivity index (χ0n) is 13.5. The smallest absolute Gasteiger partial charge is 0.255 e. The van der Waals surface area contributed by atoms with Crippen molar-refractivity contribution >= 4 is 0 Å². The van der Waals surface area contributed by atoms with Crippen LogP contribution in [0.1, 0.15) is 38.8 Å². The fraction of sp³-hybridized carbons (Fsp3) is 0.389. The normalized spacial score (nSPS) is 12.2. The maximum Gasteiger partial charge on any atom is 0.255 e. The van der Waals surface area contributed by atoms with E-state index < -0.39 is 0 Å². The SMILES string of the molecule is CCOc1ccc(-c2ccc(CN)c(=O)n2C(C)CC)cc1. The molecule has 4 nitrogen and oxygen atoms in total. The molecule has 1 unspecified atom stereocenters. The molecule has 1 heterocycles. The lowest BCUT2D eigenvalue weighted by Gasteiger charge is -2.20. The lowest BCUT2D eigenvalue weighted by molar-refractivity contribution is 0.340. The Labute approximate surface area is 131 Å². The molecule has 2 aromatic rings. The minimum atomic E-state index is 0.00300. The Morgan fingerprint density at radius 2 is 1.82 bits per heavy atom. The van der Waals surface area contributed by atoms with Gasteiger partial charge >= 0.3 is 0 Å². The number of nitrogens with zero attached hydrogens (tertiary/aromatic N) is 1. The highest BCUT2D eigenvalue weighted by Gasteiger charge is 2.14. The number of hydrogen-bond donors (Lipinski definition) is 1. The van der Waals surface area contributed by atoms with Crippen LogP contribution in [-0.2, 0) is 6.54 Å². The molecule has 0 aliphatic heterocycles. The van der Waals surface area contributed by atoms with Crippen LogP contribution in [0.5, 0.6) is 5.75 Å². The van der Waals surface area contributed by atoms with E-state index >= 15 is 0 Å². The summed E-state index contributed by atoms with van der Waals surface area (Å²) in [4.78, 5) is 12.6. The monoisotopic (exact) mass is 300 g/mol. The van der Waals surface area contributed by atoms with E-state index in [0.717, 1.165) is 23.4 Å². The first-order valence-corrected chi connectivity index (χ1v) is 7.80. The molecule has 1 aromatic heterocycles. The maximum atomic E-state index is 12.6. The molecule has 118 valence electrons. The fourth-order valence-electron chi connectivity index (χ4n) is 2.49. The summed E-state index contributed by atoms with van der Waals surface area (Å²) in [6.45, 7) is 6.99. The fourth-order valence-corrected chi connectivity index (χ4v) is 2.49. The predicted octanol–water partition coefficient (Wildman–Crippen LogP) is 3.34. The summed E-state index contributed by atoms with van der Waals surface area (Å²) in [6.07, 6.45) is 0.887. The Balaban J connectivity index is 2.54. The van der Waals surface area contributed by atoms with E-state index in [-0.39, 0.29) is 18.1 Å². The van der Waals surface area contributed by atoms with Crippen LogP contribution in [0.25, 0.3) is 11.3 Å². The molecule has 0 radical (unpaired) electrons. The third-order valence-electron chi connectivity index (χ3n) is 3.91. The first kappa shape index (κ1) is 16.3. The number of benzene rings is 1. The van der Waals surface area contributed by atoms with Gasteiger partial charge in [0.05, 0.1) is 12.3 Å². The van der Waals surface area contributed by atoms with Crippen LogP contribution >= 0.6 is 0 Å². The standard InChI is InChI=1S/C18H24N2O2/c1-4-13(3)20-17(11-8-15(12-19)18(20)21)14-6-9-16(10-7-14)22-5-2/h6-11,13H,4-5,12,19H2,1-3H3. The lowest BCUT2D eigenvalue weighted by Crippen LogP contribution is -2.28. The Hall–Kier alpha value is -2.07. The third kappa shape index (κ3) is 3.22. The van der Waals surface area contributed by atoms with Crippen LogP contribution in [0, 0.1) is 0 Å². The molecule has 22 heavy (non-hydrogen) atoms. The van der Waals surface area contributed by atoms with Crippen molar-refractivity contribution in [2.45, 2.75) is 39.8 Å². The highest BCUT2D eigenvalue weighted by atomic mass is 16.5. The largest absolute Gasteiger partial charge is 0.494 e. The molecule has 1 atom stereocenters. The predicted molar refractivity (Wildman–Crippen MR) is 90.2 cm³/mol. The molecule has 0 spiro atoms. The van der Waals surface area contributed by atoms with Gasteiger partial charge in [0.25, 0.3) is 5.56 Å². The van der Waals surface area contributed by atoms with Crippen molar-refractivity contribution in [1.82, 2.24) is 4.57 Å².